The summed E-state index contributed by atoms with van der Waals surface area (Å²) >= 11 is 5.13. The molecule has 0 saturated heterocycles. The van der Waals surface area contributed by atoms with Gasteiger partial charge < -0.3 is 15.4 Å². The lowest BCUT2D eigenvalue weighted by molar-refractivity contribution is 0.217. The molecular weight excluding hydrogens is 232 g/mol. The van der Waals surface area contributed by atoms with E-state index in [4.69, 9.17) is 17.0 Å². The van der Waals surface area contributed by atoms with Crippen molar-refractivity contribution in [3.05, 3.63) is 24.3 Å². The fourth-order valence-electron chi connectivity index (χ4n) is 1.30. The van der Waals surface area contributed by atoms with Crippen molar-refractivity contribution in [1.29, 1.82) is 0 Å². The first-order chi connectivity index (χ1) is 8.15. The Balaban J connectivity index is 2.62. The maximum Gasteiger partial charge on any atom is 0.170 e. The average molecular weight is 252 g/mol. The summed E-state index contributed by atoms with van der Waals surface area (Å²) in [5.74, 6) is 0.864. The molecule has 0 saturated carbocycles. The van der Waals surface area contributed by atoms with E-state index in [1.54, 1.807) is 0 Å². The Bertz CT molecular complexity index is 368. The second kappa shape index (κ2) is 7.12. The number of rotatable bonds is 5. The van der Waals surface area contributed by atoms with Gasteiger partial charge in [-0.1, -0.05) is 13.0 Å². The lowest BCUT2D eigenvalue weighted by Crippen LogP contribution is -2.27. The molecule has 94 valence electrons. The highest BCUT2D eigenvalue weighted by atomic mass is 32.1. The molecule has 0 bridgehead atoms. The summed E-state index contributed by atoms with van der Waals surface area (Å²) < 4.78 is 5.74. The van der Waals surface area contributed by atoms with Crippen LogP contribution in [0, 0.1) is 0 Å². The van der Waals surface area contributed by atoms with E-state index in [-0.39, 0.29) is 6.10 Å². The molecule has 4 heteroatoms. The molecule has 1 atom stereocenters. The Hall–Kier alpha value is -1.29. The van der Waals surface area contributed by atoms with Gasteiger partial charge in [0.25, 0.3) is 0 Å². The largest absolute Gasteiger partial charge is 0.491 e. The topological polar surface area (TPSA) is 33.3 Å². The fraction of sp³-hybridized carbons (Fsp3) is 0.462. The number of nitrogens with one attached hydrogen (secondary N) is 2. The Morgan fingerprint density at radius 3 is 2.82 bits per heavy atom. The lowest BCUT2D eigenvalue weighted by Gasteiger charge is -2.14. The predicted octanol–water partition coefficient (Wildman–Crippen LogP) is 3.17. The van der Waals surface area contributed by atoms with Crippen molar-refractivity contribution < 1.29 is 4.74 Å². The molecule has 0 radical (unpaired) electrons. The summed E-state index contributed by atoms with van der Waals surface area (Å²) in [6, 6.07) is 7.82. The zero-order valence-electron chi connectivity index (χ0n) is 10.6. The summed E-state index contributed by atoms with van der Waals surface area (Å²) in [6.45, 7) is 6.99. The van der Waals surface area contributed by atoms with Gasteiger partial charge in [0.2, 0.25) is 0 Å². The van der Waals surface area contributed by atoms with Crippen molar-refractivity contribution in [3.63, 3.8) is 0 Å². The minimum atomic E-state index is 0.228. The van der Waals surface area contributed by atoms with E-state index in [0.29, 0.717) is 5.11 Å². The zero-order chi connectivity index (χ0) is 12.7. The van der Waals surface area contributed by atoms with E-state index in [9.17, 15) is 0 Å². The van der Waals surface area contributed by atoms with Crippen LogP contribution in [-0.4, -0.2) is 17.8 Å². The summed E-state index contributed by atoms with van der Waals surface area (Å²) in [5, 5.41) is 6.79. The van der Waals surface area contributed by atoms with Crippen LogP contribution in [0.4, 0.5) is 5.69 Å². The molecule has 0 aliphatic heterocycles. The number of hydrogen-bond donors (Lipinski definition) is 2. The highest BCUT2D eigenvalue weighted by Crippen LogP contribution is 2.19. The second-order valence-corrected chi connectivity index (χ2v) is 4.26. The summed E-state index contributed by atoms with van der Waals surface area (Å²) in [6.07, 6.45) is 1.22. The number of ether oxygens (including phenoxy) is 1. The minimum absolute atomic E-state index is 0.228. The van der Waals surface area contributed by atoms with Crippen LogP contribution in [0.3, 0.4) is 0 Å². The van der Waals surface area contributed by atoms with E-state index in [0.717, 1.165) is 24.4 Å². The third kappa shape index (κ3) is 5.04. The van der Waals surface area contributed by atoms with Crippen molar-refractivity contribution in [2.45, 2.75) is 33.3 Å². The van der Waals surface area contributed by atoms with E-state index >= 15 is 0 Å². The van der Waals surface area contributed by atoms with Gasteiger partial charge >= 0.3 is 0 Å². The molecule has 0 fully saturated rings. The van der Waals surface area contributed by atoms with Crippen LogP contribution < -0.4 is 15.4 Å². The normalized spacial score (nSPS) is 11.7. The SMILES string of the molecule is CCNC(=S)Nc1cccc(OC(C)CC)c1. The summed E-state index contributed by atoms with van der Waals surface area (Å²) in [4.78, 5) is 0. The highest BCUT2D eigenvalue weighted by Gasteiger charge is 2.02. The third-order valence-electron chi connectivity index (χ3n) is 2.34. The molecule has 1 rings (SSSR count). The van der Waals surface area contributed by atoms with Gasteiger partial charge in [0, 0.05) is 18.3 Å². The Morgan fingerprint density at radius 1 is 1.41 bits per heavy atom. The van der Waals surface area contributed by atoms with Crippen LogP contribution in [-0.2, 0) is 0 Å². The molecule has 0 spiro atoms. The Labute approximate surface area is 109 Å². The first kappa shape index (κ1) is 13.8. The molecule has 0 aliphatic carbocycles. The zero-order valence-corrected chi connectivity index (χ0v) is 11.4. The number of anilines is 1. The summed E-state index contributed by atoms with van der Waals surface area (Å²) in [7, 11) is 0. The first-order valence-electron chi connectivity index (χ1n) is 5.97. The average Bonchev–Trinajstić information content (AvgIpc) is 2.29. The molecule has 1 unspecified atom stereocenters. The van der Waals surface area contributed by atoms with Crippen LogP contribution in [0.25, 0.3) is 0 Å². The Morgan fingerprint density at radius 2 is 2.18 bits per heavy atom. The van der Waals surface area contributed by atoms with Crippen molar-refractivity contribution >= 4 is 23.0 Å². The monoisotopic (exact) mass is 252 g/mol. The van der Waals surface area contributed by atoms with Gasteiger partial charge in [0.1, 0.15) is 5.75 Å². The molecule has 2 N–H and O–H groups in total. The van der Waals surface area contributed by atoms with Crippen LogP contribution in [0.5, 0.6) is 5.75 Å². The second-order valence-electron chi connectivity index (χ2n) is 3.85. The standard InChI is InChI=1S/C13H20N2OS/c1-4-10(3)16-12-8-6-7-11(9-12)15-13(17)14-5-2/h6-10H,4-5H2,1-3H3,(H2,14,15,17). The first-order valence-corrected chi connectivity index (χ1v) is 6.38. The predicted molar refractivity (Wildman–Crippen MR) is 76.7 cm³/mol. The van der Waals surface area contributed by atoms with Gasteiger partial charge in [-0.15, -0.1) is 0 Å². The van der Waals surface area contributed by atoms with Crippen LogP contribution in [0.1, 0.15) is 27.2 Å². The molecule has 17 heavy (non-hydrogen) atoms. The minimum Gasteiger partial charge on any atom is -0.491 e. The van der Waals surface area contributed by atoms with Gasteiger partial charge in [0.15, 0.2) is 5.11 Å². The molecule has 1 aromatic rings. The fourth-order valence-corrected chi connectivity index (χ4v) is 1.56. The quantitative estimate of drug-likeness (QED) is 0.789. The van der Waals surface area contributed by atoms with Crippen LogP contribution >= 0.6 is 12.2 Å². The number of benzene rings is 1. The summed E-state index contributed by atoms with van der Waals surface area (Å²) in [5.41, 5.74) is 0.941. The number of hydrogen-bond acceptors (Lipinski definition) is 2. The maximum atomic E-state index is 5.74. The van der Waals surface area contributed by atoms with E-state index in [2.05, 4.69) is 24.5 Å². The molecule has 0 heterocycles. The van der Waals surface area contributed by atoms with E-state index in [1.807, 2.05) is 31.2 Å². The van der Waals surface area contributed by atoms with Crippen LogP contribution in [0.2, 0.25) is 0 Å². The molecule has 1 aromatic carbocycles. The molecule has 0 amide bonds. The van der Waals surface area contributed by atoms with Gasteiger partial charge in [-0.3, -0.25) is 0 Å². The molecule has 0 aromatic heterocycles. The lowest BCUT2D eigenvalue weighted by atomic mass is 10.3. The molecule has 3 nitrogen and oxygen atoms in total. The third-order valence-corrected chi connectivity index (χ3v) is 2.59. The number of thiocarbonyl (C=S) groups is 1. The van der Waals surface area contributed by atoms with Crippen molar-refractivity contribution in [2.75, 3.05) is 11.9 Å². The molecule has 0 aliphatic rings. The van der Waals surface area contributed by atoms with Crippen molar-refractivity contribution in [2.24, 2.45) is 0 Å². The smallest absolute Gasteiger partial charge is 0.170 e. The highest BCUT2D eigenvalue weighted by molar-refractivity contribution is 7.80. The van der Waals surface area contributed by atoms with Crippen LogP contribution in [0.15, 0.2) is 24.3 Å². The van der Waals surface area contributed by atoms with E-state index in [1.165, 1.54) is 0 Å². The van der Waals surface area contributed by atoms with Gasteiger partial charge in [0.05, 0.1) is 6.10 Å². The molecular formula is C13H20N2OS. The van der Waals surface area contributed by atoms with Gasteiger partial charge in [-0.25, -0.2) is 0 Å². The Kier molecular flexibility index (Phi) is 5.77. The van der Waals surface area contributed by atoms with Gasteiger partial charge in [-0.05, 0) is 44.6 Å². The van der Waals surface area contributed by atoms with Crippen molar-refractivity contribution in [3.8, 4) is 5.75 Å². The van der Waals surface area contributed by atoms with E-state index < -0.39 is 0 Å². The maximum absolute atomic E-state index is 5.74. The van der Waals surface area contributed by atoms with Gasteiger partial charge in [-0.2, -0.15) is 0 Å². The van der Waals surface area contributed by atoms with Crippen molar-refractivity contribution in [1.82, 2.24) is 5.32 Å².